The smallest absolute Gasteiger partial charge is 0.163 e. The van der Waals surface area contributed by atoms with Crippen molar-refractivity contribution in [1.29, 1.82) is 0 Å². The summed E-state index contributed by atoms with van der Waals surface area (Å²) in [6.45, 7) is 0. The lowest BCUT2D eigenvalue weighted by molar-refractivity contribution is -0.121. The van der Waals surface area contributed by atoms with Crippen molar-refractivity contribution < 1.29 is 14.7 Å². The van der Waals surface area contributed by atoms with Crippen LogP contribution in [0.15, 0.2) is 91.0 Å². The fourth-order valence-corrected chi connectivity index (χ4v) is 2.71. The van der Waals surface area contributed by atoms with Crippen LogP contribution in [0.5, 0.6) is 5.75 Å². The van der Waals surface area contributed by atoms with Crippen molar-refractivity contribution in [3.63, 3.8) is 0 Å². The van der Waals surface area contributed by atoms with Crippen molar-refractivity contribution in [2.24, 2.45) is 0 Å². The Bertz CT molecular complexity index is 1010. The third-order valence-electron chi connectivity index (χ3n) is 4.16. The first-order valence-electron chi connectivity index (χ1n) is 8.96. The van der Waals surface area contributed by atoms with Gasteiger partial charge >= 0.3 is 0 Å². The molecule has 0 heterocycles. The highest BCUT2D eigenvalue weighted by Crippen LogP contribution is 2.20. The van der Waals surface area contributed by atoms with E-state index in [1.807, 2.05) is 54.6 Å². The maximum atomic E-state index is 12.1. The first-order chi connectivity index (χ1) is 13.6. The van der Waals surface area contributed by atoms with Gasteiger partial charge < -0.3 is 5.11 Å². The van der Waals surface area contributed by atoms with Crippen molar-refractivity contribution in [2.45, 2.75) is 6.42 Å². The van der Waals surface area contributed by atoms with Gasteiger partial charge in [-0.1, -0.05) is 72.8 Å². The monoisotopic (exact) mass is 368 g/mol. The van der Waals surface area contributed by atoms with Gasteiger partial charge in [0.05, 0.1) is 6.42 Å². The Hall–Kier alpha value is -3.72. The molecule has 0 saturated carbocycles. The summed E-state index contributed by atoms with van der Waals surface area (Å²) < 4.78 is 0. The van der Waals surface area contributed by atoms with E-state index in [-0.39, 0.29) is 23.7 Å². The summed E-state index contributed by atoms with van der Waals surface area (Å²) in [6.07, 6.45) is 6.00. The maximum Gasteiger partial charge on any atom is 0.163 e. The molecule has 0 atom stereocenters. The van der Waals surface area contributed by atoms with Crippen molar-refractivity contribution >= 4 is 23.7 Å². The van der Waals surface area contributed by atoms with Crippen LogP contribution >= 0.6 is 0 Å². The molecule has 0 radical (unpaired) electrons. The zero-order valence-corrected chi connectivity index (χ0v) is 15.3. The molecule has 0 fully saturated rings. The molecule has 138 valence electrons. The molecule has 0 bridgehead atoms. The highest BCUT2D eigenvalue weighted by Gasteiger charge is 2.04. The maximum absolute atomic E-state index is 12.1. The number of hydrogen-bond acceptors (Lipinski definition) is 3. The summed E-state index contributed by atoms with van der Waals surface area (Å²) in [5, 5.41) is 9.24. The Balaban J connectivity index is 1.59. The largest absolute Gasteiger partial charge is 0.508 e. The first kappa shape index (κ1) is 19.1. The molecular formula is C25H20O3. The topological polar surface area (TPSA) is 54.4 Å². The molecular weight excluding hydrogens is 348 g/mol. The number of aromatic hydroxyl groups is 1. The third-order valence-corrected chi connectivity index (χ3v) is 4.16. The highest BCUT2D eigenvalue weighted by atomic mass is 16.3. The van der Waals surface area contributed by atoms with E-state index in [1.54, 1.807) is 36.4 Å². The standard InChI is InChI=1S/C25H20O3/c26-23-13-9-19(10-14-23)11-15-24(27)18-25(28)16-12-20-5-4-8-22(17-20)21-6-2-1-3-7-21/h1-17,26H,18H2. The lowest BCUT2D eigenvalue weighted by Crippen LogP contribution is -2.01. The van der Waals surface area contributed by atoms with Gasteiger partial charge in [-0.2, -0.15) is 0 Å². The summed E-state index contributed by atoms with van der Waals surface area (Å²) in [5.74, 6) is -0.341. The predicted octanol–water partition coefficient (Wildman–Crippen LogP) is 5.31. The van der Waals surface area contributed by atoms with Crippen LogP contribution in [-0.4, -0.2) is 16.7 Å². The zero-order valence-electron chi connectivity index (χ0n) is 15.3. The number of carbonyl (C=O) groups is 2. The second-order valence-electron chi connectivity index (χ2n) is 6.36. The minimum Gasteiger partial charge on any atom is -0.508 e. The Morgan fingerprint density at radius 2 is 1.29 bits per heavy atom. The molecule has 0 saturated heterocycles. The van der Waals surface area contributed by atoms with Crippen molar-refractivity contribution in [1.82, 2.24) is 0 Å². The fourth-order valence-electron chi connectivity index (χ4n) is 2.71. The van der Waals surface area contributed by atoms with Crippen LogP contribution in [0.1, 0.15) is 17.5 Å². The molecule has 3 aromatic rings. The van der Waals surface area contributed by atoms with Crippen LogP contribution in [-0.2, 0) is 9.59 Å². The Kier molecular flexibility index (Phi) is 6.32. The van der Waals surface area contributed by atoms with Gasteiger partial charge in [-0.15, -0.1) is 0 Å². The van der Waals surface area contributed by atoms with Gasteiger partial charge in [0.15, 0.2) is 11.6 Å². The van der Waals surface area contributed by atoms with Gasteiger partial charge in [-0.05, 0) is 52.6 Å². The van der Waals surface area contributed by atoms with E-state index in [1.165, 1.54) is 12.2 Å². The number of hydrogen-bond donors (Lipinski definition) is 1. The van der Waals surface area contributed by atoms with Crippen LogP contribution in [0.3, 0.4) is 0 Å². The zero-order chi connectivity index (χ0) is 19.8. The van der Waals surface area contributed by atoms with E-state index in [4.69, 9.17) is 0 Å². The first-order valence-corrected chi connectivity index (χ1v) is 8.96. The number of allylic oxidation sites excluding steroid dienone is 2. The number of ketones is 2. The summed E-state index contributed by atoms with van der Waals surface area (Å²) in [7, 11) is 0. The van der Waals surface area contributed by atoms with Gasteiger partial charge in [-0.3, -0.25) is 9.59 Å². The van der Waals surface area contributed by atoms with E-state index < -0.39 is 0 Å². The van der Waals surface area contributed by atoms with E-state index in [2.05, 4.69) is 0 Å². The molecule has 0 unspecified atom stereocenters. The Labute approximate surface area is 164 Å². The number of phenols is 1. The fraction of sp³-hybridized carbons (Fsp3) is 0.0400. The lowest BCUT2D eigenvalue weighted by atomic mass is 10.0. The summed E-state index contributed by atoms with van der Waals surface area (Å²) in [6, 6.07) is 24.4. The molecule has 28 heavy (non-hydrogen) atoms. The van der Waals surface area contributed by atoms with Crippen molar-refractivity contribution in [2.75, 3.05) is 0 Å². The summed E-state index contributed by atoms with van der Waals surface area (Å²) in [5.41, 5.74) is 3.87. The summed E-state index contributed by atoms with van der Waals surface area (Å²) >= 11 is 0. The molecule has 3 aromatic carbocycles. The third kappa shape index (κ3) is 5.64. The minimum absolute atomic E-state index is 0.167. The SMILES string of the molecule is O=C(C=Cc1ccc(O)cc1)CC(=O)C=Cc1cccc(-c2ccccc2)c1. The van der Waals surface area contributed by atoms with Crippen LogP contribution < -0.4 is 0 Å². The van der Waals surface area contributed by atoms with Crippen LogP contribution in [0, 0.1) is 0 Å². The second kappa shape index (κ2) is 9.28. The molecule has 0 aliphatic carbocycles. The molecule has 0 spiro atoms. The molecule has 0 aromatic heterocycles. The molecule has 0 amide bonds. The Morgan fingerprint density at radius 1 is 0.679 bits per heavy atom. The van der Waals surface area contributed by atoms with Gasteiger partial charge in [0.1, 0.15) is 5.75 Å². The second-order valence-corrected chi connectivity index (χ2v) is 6.36. The molecule has 3 heteroatoms. The minimum atomic E-state index is -0.263. The van der Waals surface area contributed by atoms with Crippen LogP contribution in [0.2, 0.25) is 0 Å². The number of benzene rings is 3. The Morgan fingerprint density at radius 3 is 1.96 bits per heavy atom. The van der Waals surface area contributed by atoms with E-state index >= 15 is 0 Å². The number of phenolic OH excluding ortho intramolecular Hbond substituents is 1. The normalized spacial score (nSPS) is 11.1. The van der Waals surface area contributed by atoms with Crippen LogP contribution in [0.25, 0.3) is 23.3 Å². The predicted molar refractivity (Wildman–Crippen MR) is 113 cm³/mol. The molecule has 0 aliphatic heterocycles. The van der Waals surface area contributed by atoms with Gasteiger partial charge in [0, 0.05) is 0 Å². The highest BCUT2D eigenvalue weighted by molar-refractivity contribution is 6.10. The summed E-state index contributed by atoms with van der Waals surface area (Å²) in [4.78, 5) is 24.0. The number of carbonyl (C=O) groups excluding carboxylic acids is 2. The molecule has 1 N–H and O–H groups in total. The molecule has 3 rings (SSSR count). The van der Waals surface area contributed by atoms with Gasteiger partial charge in [0.2, 0.25) is 0 Å². The van der Waals surface area contributed by atoms with E-state index in [0.717, 1.165) is 22.3 Å². The van der Waals surface area contributed by atoms with Gasteiger partial charge in [-0.25, -0.2) is 0 Å². The van der Waals surface area contributed by atoms with Crippen LogP contribution in [0.4, 0.5) is 0 Å². The van der Waals surface area contributed by atoms with E-state index in [9.17, 15) is 14.7 Å². The van der Waals surface area contributed by atoms with Crippen molar-refractivity contribution in [3.8, 4) is 16.9 Å². The number of rotatable bonds is 7. The quantitative estimate of drug-likeness (QED) is 0.454. The molecule has 0 aliphatic rings. The lowest BCUT2D eigenvalue weighted by Gasteiger charge is -2.02. The van der Waals surface area contributed by atoms with E-state index in [0.29, 0.717) is 0 Å². The van der Waals surface area contributed by atoms with Gasteiger partial charge in [0.25, 0.3) is 0 Å². The average Bonchev–Trinajstić information content (AvgIpc) is 2.73. The van der Waals surface area contributed by atoms with Crippen molar-refractivity contribution in [3.05, 3.63) is 102 Å². The molecule has 3 nitrogen and oxygen atoms in total. The average molecular weight is 368 g/mol.